The lowest BCUT2D eigenvalue weighted by molar-refractivity contribution is 1.00. The van der Waals surface area contributed by atoms with E-state index in [9.17, 15) is 0 Å². The summed E-state index contributed by atoms with van der Waals surface area (Å²) in [6, 6.07) is 8.17. The third-order valence-electron chi connectivity index (χ3n) is 2.80. The first-order valence-electron chi connectivity index (χ1n) is 5.52. The largest absolute Gasteiger partial charge is 0.338 e. The summed E-state index contributed by atoms with van der Waals surface area (Å²) in [7, 11) is 0. The number of halogens is 1. The van der Waals surface area contributed by atoms with Crippen molar-refractivity contribution in [3.8, 4) is 0 Å². The molecule has 0 aliphatic heterocycles. The standard InChI is InChI=1S/C13H14ClN3S/c1-8-9(2)13(17-16-12(8)14)15-10-5-4-6-11(7-10)18-3/h4-7H,1-3H3,(H,15,17). The maximum atomic E-state index is 5.93. The molecule has 1 aromatic heterocycles. The summed E-state index contributed by atoms with van der Waals surface area (Å²) in [6.45, 7) is 3.92. The SMILES string of the molecule is CSc1cccc(Nc2nnc(Cl)c(C)c2C)c1. The molecule has 0 aliphatic rings. The van der Waals surface area contributed by atoms with Crippen LogP contribution in [-0.2, 0) is 0 Å². The summed E-state index contributed by atoms with van der Waals surface area (Å²) in [5.41, 5.74) is 2.97. The number of benzene rings is 1. The maximum Gasteiger partial charge on any atom is 0.156 e. The van der Waals surface area contributed by atoms with Crippen LogP contribution in [0.1, 0.15) is 11.1 Å². The summed E-state index contributed by atoms with van der Waals surface area (Å²) in [4.78, 5) is 1.20. The average Bonchev–Trinajstić information content (AvgIpc) is 2.40. The molecule has 0 saturated heterocycles. The third kappa shape index (κ3) is 2.76. The molecular weight excluding hydrogens is 266 g/mol. The van der Waals surface area contributed by atoms with Gasteiger partial charge in [0.25, 0.3) is 0 Å². The summed E-state index contributed by atoms with van der Waals surface area (Å²) in [6.07, 6.45) is 2.05. The lowest BCUT2D eigenvalue weighted by Gasteiger charge is -2.10. The number of aromatic nitrogens is 2. The van der Waals surface area contributed by atoms with Crippen molar-refractivity contribution in [1.82, 2.24) is 10.2 Å². The zero-order valence-electron chi connectivity index (χ0n) is 10.5. The molecule has 5 heteroatoms. The van der Waals surface area contributed by atoms with E-state index < -0.39 is 0 Å². The first kappa shape index (κ1) is 13.2. The average molecular weight is 280 g/mol. The lowest BCUT2D eigenvalue weighted by Crippen LogP contribution is -2.01. The smallest absolute Gasteiger partial charge is 0.156 e. The Morgan fingerprint density at radius 1 is 1.17 bits per heavy atom. The van der Waals surface area contributed by atoms with Gasteiger partial charge in [0.1, 0.15) is 0 Å². The predicted molar refractivity (Wildman–Crippen MR) is 78.0 cm³/mol. The van der Waals surface area contributed by atoms with Crippen LogP contribution in [0.4, 0.5) is 11.5 Å². The number of nitrogens with zero attached hydrogens (tertiary/aromatic N) is 2. The Labute approximate surface area is 116 Å². The number of anilines is 2. The Kier molecular flexibility index (Phi) is 4.09. The topological polar surface area (TPSA) is 37.8 Å². The van der Waals surface area contributed by atoms with E-state index in [0.29, 0.717) is 5.15 Å². The second-order valence-electron chi connectivity index (χ2n) is 3.95. The second-order valence-corrected chi connectivity index (χ2v) is 5.18. The molecule has 0 amide bonds. The van der Waals surface area contributed by atoms with Gasteiger partial charge in [-0.2, -0.15) is 0 Å². The monoisotopic (exact) mass is 279 g/mol. The Morgan fingerprint density at radius 3 is 2.67 bits per heavy atom. The van der Waals surface area contributed by atoms with Gasteiger partial charge in [0, 0.05) is 10.6 Å². The molecule has 0 fully saturated rings. The Hall–Kier alpha value is -1.26. The minimum absolute atomic E-state index is 0.455. The van der Waals surface area contributed by atoms with Gasteiger partial charge in [0.2, 0.25) is 0 Å². The van der Waals surface area contributed by atoms with Gasteiger partial charge in [-0.15, -0.1) is 22.0 Å². The fourth-order valence-corrected chi connectivity index (χ4v) is 2.17. The van der Waals surface area contributed by atoms with E-state index in [1.807, 2.05) is 26.0 Å². The molecule has 0 bridgehead atoms. The van der Waals surface area contributed by atoms with Gasteiger partial charge in [-0.25, -0.2) is 0 Å². The number of rotatable bonds is 3. The zero-order valence-corrected chi connectivity index (χ0v) is 12.1. The highest BCUT2D eigenvalue weighted by atomic mass is 35.5. The molecular formula is C13H14ClN3S. The van der Waals surface area contributed by atoms with Crippen molar-refractivity contribution in [2.75, 3.05) is 11.6 Å². The second kappa shape index (κ2) is 5.59. The van der Waals surface area contributed by atoms with Gasteiger partial charge in [-0.1, -0.05) is 17.7 Å². The quantitative estimate of drug-likeness (QED) is 0.854. The molecule has 18 heavy (non-hydrogen) atoms. The van der Waals surface area contributed by atoms with Crippen LogP contribution in [0, 0.1) is 13.8 Å². The summed E-state index contributed by atoms with van der Waals surface area (Å²) in [5.74, 6) is 0.746. The number of nitrogens with one attached hydrogen (secondary N) is 1. The molecule has 0 radical (unpaired) electrons. The van der Waals surface area contributed by atoms with Gasteiger partial charge in [-0.3, -0.25) is 0 Å². The Morgan fingerprint density at radius 2 is 1.94 bits per heavy atom. The van der Waals surface area contributed by atoms with Gasteiger partial charge in [-0.05, 0) is 49.4 Å². The molecule has 2 aromatic rings. The van der Waals surface area contributed by atoms with Crippen molar-refractivity contribution < 1.29 is 0 Å². The van der Waals surface area contributed by atoms with Gasteiger partial charge in [0.05, 0.1) is 0 Å². The molecule has 2 rings (SSSR count). The summed E-state index contributed by atoms with van der Waals surface area (Å²) < 4.78 is 0. The van der Waals surface area contributed by atoms with Crippen LogP contribution in [0.3, 0.4) is 0 Å². The van der Waals surface area contributed by atoms with Crippen LogP contribution < -0.4 is 5.32 Å². The maximum absolute atomic E-state index is 5.93. The first-order chi connectivity index (χ1) is 8.61. The van der Waals surface area contributed by atoms with Crippen molar-refractivity contribution in [2.45, 2.75) is 18.7 Å². The van der Waals surface area contributed by atoms with Crippen LogP contribution in [0.15, 0.2) is 29.2 Å². The highest BCUT2D eigenvalue weighted by Crippen LogP contribution is 2.25. The third-order valence-corrected chi connectivity index (χ3v) is 3.88. The van der Waals surface area contributed by atoms with Crippen molar-refractivity contribution >= 4 is 34.9 Å². The molecule has 1 N–H and O–H groups in total. The van der Waals surface area contributed by atoms with Gasteiger partial charge >= 0.3 is 0 Å². The van der Waals surface area contributed by atoms with E-state index in [-0.39, 0.29) is 0 Å². The zero-order chi connectivity index (χ0) is 13.1. The Balaban J connectivity index is 2.31. The van der Waals surface area contributed by atoms with E-state index in [1.165, 1.54) is 4.90 Å². The molecule has 0 saturated carbocycles. The summed E-state index contributed by atoms with van der Waals surface area (Å²) in [5, 5.41) is 11.7. The molecule has 1 aromatic carbocycles. The van der Waals surface area contributed by atoms with E-state index in [4.69, 9.17) is 11.6 Å². The fourth-order valence-electron chi connectivity index (χ4n) is 1.53. The van der Waals surface area contributed by atoms with Crippen LogP contribution in [0.2, 0.25) is 5.15 Å². The highest BCUT2D eigenvalue weighted by molar-refractivity contribution is 7.98. The fraction of sp³-hybridized carbons (Fsp3) is 0.231. The molecule has 3 nitrogen and oxygen atoms in total. The van der Waals surface area contributed by atoms with E-state index >= 15 is 0 Å². The molecule has 1 heterocycles. The summed E-state index contributed by atoms with van der Waals surface area (Å²) >= 11 is 7.64. The van der Waals surface area contributed by atoms with Crippen molar-refractivity contribution in [2.24, 2.45) is 0 Å². The lowest BCUT2D eigenvalue weighted by atomic mass is 10.2. The van der Waals surface area contributed by atoms with Crippen molar-refractivity contribution in [1.29, 1.82) is 0 Å². The molecule has 94 valence electrons. The molecule has 0 unspecified atom stereocenters. The highest BCUT2D eigenvalue weighted by Gasteiger charge is 2.08. The van der Waals surface area contributed by atoms with Gasteiger partial charge in [0.15, 0.2) is 11.0 Å². The van der Waals surface area contributed by atoms with Crippen molar-refractivity contribution in [3.05, 3.63) is 40.5 Å². The van der Waals surface area contributed by atoms with Crippen LogP contribution in [0.25, 0.3) is 0 Å². The number of thioether (sulfide) groups is 1. The van der Waals surface area contributed by atoms with E-state index in [0.717, 1.165) is 22.6 Å². The van der Waals surface area contributed by atoms with Crippen LogP contribution in [0.5, 0.6) is 0 Å². The molecule has 0 atom stereocenters. The molecule has 0 aliphatic carbocycles. The first-order valence-corrected chi connectivity index (χ1v) is 7.12. The van der Waals surface area contributed by atoms with Crippen molar-refractivity contribution in [3.63, 3.8) is 0 Å². The normalized spacial score (nSPS) is 10.4. The van der Waals surface area contributed by atoms with E-state index in [2.05, 4.69) is 33.9 Å². The minimum atomic E-state index is 0.455. The van der Waals surface area contributed by atoms with Gasteiger partial charge < -0.3 is 5.32 Å². The van der Waals surface area contributed by atoms with Crippen LogP contribution >= 0.6 is 23.4 Å². The molecule has 0 spiro atoms. The Bertz CT molecular complexity index is 572. The van der Waals surface area contributed by atoms with E-state index in [1.54, 1.807) is 11.8 Å². The van der Waals surface area contributed by atoms with Crippen LogP contribution in [-0.4, -0.2) is 16.5 Å². The predicted octanol–water partition coefficient (Wildman–Crippen LogP) is 4.21. The number of hydrogen-bond acceptors (Lipinski definition) is 4. The minimum Gasteiger partial charge on any atom is -0.338 e. The number of hydrogen-bond donors (Lipinski definition) is 1.